The number of anilines is 1. The molecular weight excluding hydrogens is 369 g/mol. The van der Waals surface area contributed by atoms with Gasteiger partial charge in [0.25, 0.3) is 0 Å². The predicted octanol–water partition coefficient (Wildman–Crippen LogP) is 4.23. The summed E-state index contributed by atoms with van der Waals surface area (Å²) in [7, 11) is 0. The highest BCUT2D eigenvalue weighted by Crippen LogP contribution is 2.28. The Kier molecular flexibility index (Phi) is 6.39. The molecule has 0 aliphatic carbocycles. The molecule has 1 aromatic heterocycles. The van der Waals surface area contributed by atoms with E-state index in [0.717, 1.165) is 25.7 Å². The number of nitrogens with zero attached hydrogens (tertiary/aromatic N) is 3. The number of aryl methyl sites for hydroxylation is 2. The maximum Gasteiger partial charge on any atom is 0.435 e. The third-order valence-corrected chi connectivity index (χ3v) is 4.91. The standard InChI is InChI=1S/C20H25F3N4O/c1-15-13-18(20(21,22)23)25-27(15)12-9-19(28)24-17-7-5-16(6-8-17)14-26-10-3-2-4-11-26/h5-8,13H,2-4,9-12,14H2,1H3,(H,24,28). The second kappa shape index (κ2) is 8.77. The number of rotatable bonds is 6. The Hall–Kier alpha value is -2.35. The van der Waals surface area contributed by atoms with Crippen LogP contribution in [0.15, 0.2) is 30.3 Å². The average Bonchev–Trinajstić information content (AvgIpc) is 3.04. The summed E-state index contributed by atoms with van der Waals surface area (Å²) < 4.78 is 39.3. The highest BCUT2D eigenvalue weighted by molar-refractivity contribution is 5.90. The van der Waals surface area contributed by atoms with Crippen molar-refractivity contribution in [2.45, 2.75) is 51.9 Å². The summed E-state index contributed by atoms with van der Waals surface area (Å²) in [5.41, 5.74) is 1.32. The quantitative estimate of drug-likeness (QED) is 0.798. The van der Waals surface area contributed by atoms with Gasteiger partial charge in [-0.1, -0.05) is 18.6 Å². The normalized spacial score (nSPS) is 15.6. The van der Waals surface area contributed by atoms with Gasteiger partial charge in [-0.05, 0) is 56.6 Å². The first-order chi connectivity index (χ1) is 13.3. The largest absolute Gasteiger partial charge is 0.435 e. The highest BCUT2D eigenvalue weighted by atomic mass is 19.4. The van der Waals surface area contributed by atoms with Crippen LogP contribution in [0.4, 0.5) is 18.9 Å². The Balaban J connectivity index is 1.49. The fourth-order valence-electron chi connectivity index (χ4n) is 3.38. The minimum Gasteiger partial charge on any atom is -0.326 e. The molecule has 0 saturated carbocycles. The number of benzene rings is 1. The third kappa shape index (κ3) is 5.58. The summed E-state index contributed by atoms with van der Waals surface area (Å²) in [5, 5.41) is 6.32. The molecule has 1 aromatic carbocycles. The van der Waals surface area contributed by atoms with E-state index < -0.39 is 11.9 Å². The molecule has 1 saturated heterocycles. The van der Waals surface area contributed by atoms with Gasteiger partial charge in [-0.3, -0.25) is 14.4 Å². The van der Waals surface area contributed by atoms with Crippen LogP contribution in [0.25, 0.3) is 0 Å². The summed E-state index contributed by atoms with van der Waals surface area (Å²) in [4.78, 5) is 14.5. The van der Waals surface area contributed by atoms with Crippen molar-refractivity contribution in [3.05, 3.63) is 47.3 Å². The lowest BCUT2D eigenvalue weighted by atomic mass is 10.1. The van der Waals surface area contributed by atoms with Crippen LogP contribution in [0.5, 0.6) is 0 Å². The van der Waals surface area contributed by atoms with E-state index in [0.29, 0.717) is 11.4 Å². The second-order valence-corrected chi connectivity index (χ2v) is 7.22. The van der Waals surface area contributed by atoms with Crippen LogP contribution < -0.4 is 5.32 Å². The minimum absolute atomic E-state index is 0.0509. The molecular formula is C20H25F3N4O. The van der Waals surface area contributed by atoms with E-state index in [1.807, 2.05) is 24.3 Å². The molecule has 1 N–H and O–H groups in total. The van der Waals surface area contributed by atoms with Gasteiger partial charge >= 0.3 is 6.18 Å². The van der Waals surface area contributed by atoms with Crippen molar-refractivity contribution in [3.63, 3.8) is 0 Å². The number of hydrogen-bond acceptors (Lipinski definition) is 3. The van der Waals surface area contributed by atoms with E-state index in [9.17, 15) is 18.0 Å². The number of carbonyl (C=O) groups excluding carboxylic acids is 1. The maximum absolute atomic E-state index is 12.7. The molecule has 152 valence electrons. The lowest BCUT2D eigenvalue weighted by Crippen LogP contribution is -2.29. The van der Waals surface area contributed by atoms with E-state index in [4.69, 9.17) is 0 Å². The molecule has 0 radical (unpaired) electrons. The van der Waals surface area contributed by atoms with Crippen molar-refractivity contribution in [1.29, 1.82) is 0 Å². The lowest BCUT2D eigenvalue weighted by molar-refractivity contribution is -0.141. The number of aromatic nitrogens is 2. The zero-order valence-corrected chi connectivity index (χ0v) is 15.9. The first-order valence-electron chi connectivity index (χ1n) is 9.54. The van der Waals surface area contributed by atoms with Crippen LogP contribution in [0, 0.1) is 6.92 Å². The van der Waals surface area contributed by atoms with Crippen molar-refractivity contribution in [3.8, 4) is 0 Å². The van der Waals surface area contributed by atoms with Crippen LogP contribution in [-0.2, 0) is 24.1 Å². The van der Waals surface area contributed by atoms with Crippen LogP contribution in [0.1, 0.15) is 42.6 Å². The molecule has 2 heterocycles. The van der Waals surface area contributed by atoms with Gasteiger partial charge in [0.2, 0.25) is 5.91 Å². The summed E-state index contributed by atoms with van der Waals surface area (Å²) >= 11 is 0. The zero-order chi connectivity index (χ0) is 20.1. The molecule has 1 aliphatic heterocycles. The Morgan fingerprint density at radius 1 is 1.14 bits per heavy atom. The number of likely N-dealkylation sites (tertiary alicyclic amines) is 1. The Morgan fingerprint density at radius 3 is 2.43 bits per heavy atom. The number of amides is 1. The van der Waals surface area contributed by atoms with E-state index in [-0.39, 0.29) is 18.9 Å². The van der Waals surface area contributed by atoms with Gasteiger partial charge in [0.15, 0.2) is 5.69 Å². The Labute approximate surface area is 162 Å². The molecule has 28 heavy (non-hydrogen) atoms. The van der Waals surface area contributed by atoms with Gasteiger partial charge in [0.05, 0.1) is 0 Å². The van der Waals surface area contributed by atoms with Crippen molar-refractivity contribution in [2.24, 2.45) is 0 Å². The molecule has 1 amide bonds. The molecule has 0 atom stereocenters. The maximum atomic E-state index is 12.7. The third-order valence-electron chi connectivity index (χ3n) is 4.91. The van der Waals surface area contributed by atoms with Gasteiger partial charge in [-0.25, -0.2) is 0 Å². The summed E-state index contributed by atoms with van der Waals surface area (Å²) in [6, 6.07) is 8.70. The van der Waals surface area contributed by atoms with Crippen molar-refractivity contribution in [1.82, 2.24) is 14.7 Å². The van der Waals surface area contributed by atoms with Gasteiger partial charge in [0.1, 0.15) is 0 Å². The number of alkyl halides is 3. The fraction of sp³-hybridized carbons (Fsp3) is 0.500. The van der Waals surface area contributed by atoms with Crippen molar-refractivity contribution < 1.29 is 18.0 Å². The summed E-state index contributed by atoms with van der Waals surface area (Å²) in [6.45, 7) is 4.80. The lowest BCUT2D eigenvalue weighted by Gasteiger charge is -2.26. The molecule has 0 bridgehead atoms. The fourth-order valence-corrected chi connectivity index (χ4v) is 3.38. The molecule has 1 fully saturated rings. The van der Waals surface area contributed by atoms with E-state index in [1.54, 1.807) is 6.92 Å². The molecule has 0 unspecified atom stereocenters. The van der Waals surface area contributed by atoms with Crippen LogP contribution in [-0.4, -0.2) is 33.7 Å². The number of hydrogen-bond donors (Lipinski definition) is 1. The second-order valence-electron chi connectivity index (χ2n) is 7.22. The average molecular weight is 394 g/mol. The topological polar surface area (TPSA) is 50.2 Å². The number of nitrogens with one attached hydrogen (secondary N) is 1. The van der Waals surface area contributed by atoms with Gasteiger partial charge in [0, 0.05) is 30.9 Å². The number of carbonyl (C=O) groups is 1. The van der Waals surface area contributed by atoms with Gasteiger partial charge in [-0.2, -0.15) is 18.3 Å². The first-order valence-corrected chi connectivity index (χ1v) is 9.54. The number of halogens is 3. The van der Waals surface area contributed by atoms with Crippen molar-refractivity contribution >= 4 is 11.6 Å². The monoisotopic (exact) mass is 394 g/mol. The molecule has 2 aromatic rings. The van der Waals surface area contributed by atoms with E-state index in [1.165, 1.54) is 29.5 Å². The minimum atomic E-state index is -4.48. The van der Waals surface area contributed by atoms with Crippen LogP contribution in [0.3, 0.4) is 0 Å². The molecule has 5 nitrogen and oxygen atoms in total. The number of piperidine rings is 1. The first kappa shape index (κ1) is 20.4. The van der Waals surface area contributed by atoms with Gasteiger partial charge < -0.3 is 5.32 Å². The van der Waals surface area contributed by atoms with Crippen molar-refractivity contribution in [2.75, 3.05) is 18.4 Å². The highest BCUT2D eigenvalue weighted by Gasteiger charge is 2.34. The van der Waals surface area contributed by atoms with Gasteiger partial charge in [-0.15, -0.1) is 0 Å². The van der Waals surface area contributed by atoms with E-state index in [2.05, 4.69) is 15.3 Å². The summed E-state index contributed by atoms with van der Waals surface area (Å²) in [6.07, 6.45) is -0.636. The summed E-state index contributed by atoms with van der Waals surface area (Å²) in [5.74, 6) is -0.257. The SMILES string of the molecule is Cc1cc(C(F)(F)F)nn1CCC(=O)Nc1ccc(CN2CCCCC2)cc1. The predicted molar refractivity (Wildman–Crippen MR) is 101 cm³/mol. The zero-order valence-electron chi connectivity index (χ0n) is 15.9. The van der Waals surface area contributed by atoms with Crippen LogP contribution >= 0.6 is 0 Å². The smallest absolute Gasteiger partial charge is 0.326 e. The molecule has 8 heteroatoms. The van der Waals surface area contributed by atoms with Crippen LogP contribution in [0.2, 0.25) is 0 Å². The molecule has 3 rings (SSSR count). The Bertz CT molecular complexity index is 793. The molecule has 1 aliphatic rings. The molecule has 0 spiro atoms. The Morgan fingerprint density at radius 2 is 1.82 bits per heavy atom. The van der Waals surface area contributed by atoms with E-state index >= 15 is 0 Å².